The predicted molar refractivity (Wildman–Crippen MR) is 181 cm³/mol. The van der Waals surface area contributed by atoms with E-state index in [9.17, 15) is 9.59 Å². The Morgan fingerprint density at radius 1 is 0.500 bits per heavy atom. The summed E-state index contributed by atoms with van der Waals surface area (Å²) in [4.78, 5) is 23.0. The molecule has 0 spiro atoms. The van der Waals surface area contributed by atoms with E-state index in [-0.39, 0.29) is 12.1 Å². The molecule has 0 aliphatic carbocycles. The molecule has 0 aliphatic rings. The van der Waals surface area contributed by atoms with Crippen LogP contribution in [0.15, 0.2) is 12.2 Å². The Balaban J connectivity index is 3.73. The third-order valence-electron chi connectivity index (χ3n) is 8.49. The zero-order valence-electron chi connectivity index (χ0n) is 28.3. The van der Waals surface area contributed by atoms with E-state index in [1.807, 2.05) is 0 Å². The first-order valence-corrected chi connectivity index (χ1v) is 18.7. The van der Waals surface area contributed by atoms with E-state index in [4.69, 9.17) is 9.84 Å². The minimum Gasteiger partial charge on any atom is -0.481 e. The highest BCUT2D eigenvalue weighted by Crippen LogP contribution is 2.18. The Hall–Kier alpha value is -1.32. The third-order valence-corrected chi connectivity index (χ3v) is 8.49. The predicted octanol–water partition coefficient (Wildman–Crippen LogP) is 12.7. The van der Waals surface area contributed by atoms with E-state index >= 15 is 0 Å². The first-order valence-electron chi connectivity index (χ1n) is 18.7. The molecule has 0 aromatic carbocycles. The largest absolute Gasteiger partial charge is 0.481 e. The van der Waals surface area contributed by atoms with Gasteiger partial charge in [-0.1, -0.05) is 148 Å². The van der Waals surface area contributed by atoms with Crippen LogP contribution >= 0.6 is 0 Å². The number of rotatable bonds is 34. The third kappa shape index (κ3) is 33.2. The molecule has 42 heavy (non-hydrogen) atoms. The number of unbranched alkanes of at least 4 members (excludes halogenated alkanes) is 23. The van der Waals surface area contributed by atoms with Crippen LogP contribution in [-0.2, 0) is 14.3 Å². The van der Waals surface area contributed by atoms with Crippen LogP contribution in [0.3, 0.4) is 0 Å². The van der Waals surface area contributed by atoms with Crippen molar-refractivity contribution in [1.82, 2.24) is 0 Å². The smallest absolute Gasteiger partial charge is 0.306 e. The van der Waals surface area contributed by atoms with Crippen molar-refractivity contribution in [3.05, 3.63) is 12.2 Å². The van der Waals surface area contributed by atoms with Gasteiger partial charge in [-0.2, -0.15) is 0 Å². The van der Waals surface area contributed by atoms with Gasteiger partial charge in [0.25, 0.3) is 0 Å². The summed E-state index contributed by atoms with van der Waals surface area (Å²) >= 11 is 0. The van der Waals surface area contributed by atoms with Crippen LogP contribution in [0.5, 0.6) is 0 Å². The second-order valence-electron chi connectivity index (χ2n) is 12.8. The number of carboxylic acid groups (broad SMARTS) is 1. The average Bonchev–Trinajstić information content (AvgIpc) is 2.97. The summed E-state index contributed by atoms with van der Waals surface area (Å²) in [6.45, 7) is 4.50. The summed E-state index contributed by atoms with van der Waals surface area (Å²) in [6, 6.07) is 0. The summed E-state index contributed by atoms with van der Waals surface area (Å²) in [6.07, 6.45) is 41.2. The number of esters is 1. The van der Waals surface area contributed by atoms with Crippen LogP contribution in [0.4, 0.5) is 0 Å². The van der Waals surface area contributed by atoms with Crippen LogP contribution in [0.2, 0.25) is 0 Å². The van der Waals surface area contributed by atoms with Gasteiger partial charge in [0.05, 0.1) is 0 Å². The zero-order valence-corrected chi connectivity index (χ0v) is 28.3. The van der Waals surface area contributed by atoms with Gasteiger partial charge >= 0.3 is 11.9 Å². The van der Waals surface area contributed by atoms with E-state index in [2.05, 4.69) is 26.0 Å². The molecule has 0 amide bonds. The normalized spacial score (nSPS) is 12.2. The molecule has 4 nitrogen and oxygen atoms in total. The number of allylic oxidation sites excluding steroid dienone is 2. The first-order chi connectivity index (χ1) is 20.6. The minimum absolute atomic E-state index is 0.0303. The van der Waals surface area contributed by atoms with Gasteiger partial charge in [0.1, 0.15) is 6.10 Å². The van der Waals surface area contributed by atoms with Crippen LogP contribution < -0.4 is 0 Å². The van der Waals surface area contributed by atoms with Crippen molar-refractivity contribution in [2.45, 2.75) is 219 Å². The summed E-state index contributed by atoms with van der Waals surface area (Å²) in [7, 11) is 0. The molecule has 1 N–H and O–H groups in total. The van der Waals surface area contributed by atoms with Crippen LogP contribution in [-0.4, -0.2) is 23.1 Å². The Morgan fingerprint density at radius 2 is 0.857 bits per heavy atom. The summed E-state index contributed by atoms with van der Waals surface area (Å²) < 4.78 is 5.95. The highest BCUT2D eigenvalue weighted by atomic mass is 16.5. The fourth-order valence-corrected chi connectivity index (χ4v) is 5.71. The van der Waals surface area contributed by atoms with Gasteiger partial charge in [0.15, 0.2) is 0 Å². The average molecular weight is 593 g/mol. The van der Waals surface area contributed by atoms with E-state index < -0.39 is 5.97 Å². The molecule has 248 valence electrons. The number of ether oxygens (including phenoxy) is 1. The fraction of sp³-hybridized carbons (Fsp3) is 0.895. The van der Waals surface area contributed by atoms with Crippen LogP contribution in [0.1, 0.15) is 213 Å². The topological polar surface area (TPSA) is 63.6 Å². The number of hydrogen-bond acceptors (Lipinski definition) is 3. The molecule has 0 bridgehead atoms. The maximum atomic E-state index is 12.5. The molecule has 1 unspecified atom stereocenters. The Morgan fingerprint density at radius 3 is 1.33 bits per heavy atom. The van der Waals surface area contributed by atoms with Gasteiger partial charge in [-0.3, -0.25) is 9.59 Å². The second-order valence-corrected chi connectivity index (χ2v) is 12.8. The Labute approximate surface area is 262 Å². The summed E-state index contributed by atoms with van der Waals surface area (Å²) in [5.41, 5.74) is 0. The number of hydrogen-bond donors (Lipinski definition) is 1. The quantitative estimate of drug-likeness (QED) is 0.0458. The van der Waals surface area contributed by atoms with E-state index in [0.717, 1.165) is 38.5 Å². The van der Waals surface area contributed by atoms with Gasteiger partial charge in [-0.15, -0.1) is 0 Å². The summed E-state index contributed by atoms with van der Waals surface area (Å²) in [5, 5.41) is 8.66. The van der Waals surface area contributed by atoms with Gasteiger partial charge < -0.3 is 9.84 Å². The molecule has 0 heterocycles. The SMILES string of the molecule is CCCCCC/C=C\CCCCCCCC(=O)OC(CCCCC)CCCCCCCCCCCCCCCC(=O)O. The van der Waals surface area contributed by atoms with Crippen molar-refractivity contribution >= 4 is 11.9 Å². The molecule has 4 heteroatoms. The van der Waals surface area contributed by atoms with Crippen molar-refractivity contribution in [2.75, 3.05) is 0 Å². The standard InChI is InChI=1S/C38H72O4/c1-3-5-7-8-9-10-11-13-18-21-24-27-31-35-38(41)42-36(32-28-6-4-2)33-29-25-22-19-16-14-12-15-17-20-23-26-30-34-37(39)40/h10-11,36H,3-9,12-35H2,1-2H3,(H,39,40)/b11-10-. The lowest BCUT2D eigenvalue weighted by Gasteiger charge is -2.18. The fourth-order valence-electron chi connectivity index (χ4n) is 5.71. The highest BCUT2D eigenvalue weighted by molar-refractivity contribution is 5.69. The number of carbonyl (C=O) groups is 2. The molecular formula is C38H72O4. The molecule has 0 aromatic rings. The van der Waals surface area contributed by atoms with Crippen LogP contribution in [0, 0.1) is 0 Å². The lowest BCUT2D eigenvalue weighted by molar-refractivity contribution is -0.150. The number of carbonyl (C=O) groups excluding carboxylic acids is 1. The molecule has 0 radical (unpaired) electrons. The molecule has 0 rings (SSSR count). The lowest BCUT2D eigenvalue weighted by Crippen LogP contribution is -2.18. The molecule has 0 saturated carbocycles. The lowest BCUT2D eigenvalue weighted by atomic mass is 10.0. The van der Waals surface area contributed by atoms with Gasteiger partial charge in [0, 0.05) is 12.8 Å². The molecule has 0 fully saturated rings. The van der Waals surface area contributed by atoms with Crippen molar-refractivity contribution < 1.29 is 19.4 Å². The van der Waals surface area contributed by atoms with Gasteiger partial charge in [0.2, 0.25) is 0 Å². The second kappa shape index (κ2) is 34.2. The van der Waals surface area contributed by atoms with Crippen molar-refractivity contribution in [2.24, 2.45) is 0 Å². The van der Waals surface area contributed by atoms with Crippen molar-refractivity contribution in [1.29, 1.82) is 0 Å². The van der Waals surface area contributed by atoms with E-state index in [1.165, 1.54) is 148 Å². The van der Waals surface area contributed by atoms with Gasteiger partial charge in [-0.25, -0.2) is 0 Å². The van der Waals surface area contributed by atoms with Crippen molar-refractivity contribution in [3.8, 4) is 0 Å². The molecule has 1 atom stereocenters. The molecule has 0 aliphatic heterocycles. The number of carboxylic acids is 1. The summed E-state index contributed by atoms with van der Waals surface area (Å²) in [5.74, 6) is -0.637. The van der Waals surface area contributed by atoms with Crippen LogP contribution in [0.25, 0.3) is 0 Å². The Bertz CT molecular complexity index is 600. The van der Waals surface area contributed by atoms with Crippen molar-refractivity contribution in [3.63, 3.8) is 0 Å². The molecule has 0 saturated heterocycles. The monoisotopic (exact) mass is 593 g/mol. The Kier molecular flexibility index (Phi) is 33.1. The molecular weight excluding hydrogens is 520 g/mol. The highest BCUT2D eigenvalue weighted by Gasteiger charge is 2.14. The van der Waals surface area contributed by atoms with E-state index in [0.29, 0.717) is 12.8 Å². The maximum Gasteiger partial charge on any atom is 0.306 e. The molecule has 0 aromatic heterocycles. The maximum absolute atomic E-state index is 12.5. The zero-order chi connectivity index (χ0) is 30.8. The first kappa shape index (κ1) is 40.7. The minimum atomic E-state index is -0.667. The number of aliphatic carboxylic acids is 1. The van der Waals surface area contributed by atoms with E-state index in [1.54, 1.807) is 0 Å². The van der Waals surface area contributed by atoms with Gasteiger partial charge in [-0.05, 0) is 64.2 Å².